The van der Waals surface area contributed by atoms with Crippen molar-refractivity contribution in [3.8, 4) is 0 Å². The highest BCUT2D eigenvalue weighted by atomic mass is 32.2. The first kappa shape index (κ1) is 18.2. The molecule has 2 fully saturated rings. The van der Waals surface area contributed by atoms with Gasteiger partial charge in [-0.3, -0.25) is 4.68 Å². The number of urea groups is 1. The smallest absolute Gasteiger partial charge is 0.317 e. The van der Waals surface area contributed by atoms with Crippen molar-refractivity contribution in [1.29, 1.82) is 0 Å². The van der Waals surface area contributed by atoms with Crippen LogP contribution >= 0.6 is 0 Å². The van der Waals surface area contributed by atoms with Crippen molar-refractivity contribution >= 4 is 16.2 Å². The van der Waals surface area contributed by atoms with Crippen LogP contribution in [-0.2, 0) is 16.8 Å². The van der Waals surface area contributed by atoms with E-state index in [9.17, 15) is 13.2 Å². The first-order valence-corrected chi connectivity index (χ1v) is 10.2. The van der Waals surface area contributed by atoms with Gasteiger partial charge in [0.25, 0.3) is 10.2 Å². The first-order valence-electron chi connectivity index (χ1n) is 8.83. The first-order chi connectivity index (χ1) is 12.1. The van der Waals surface area contributed by atoms with Crippen LogP contribution in [0.5, 0.6) is 0 Å². The molecule has 2 saturated heterocycles. The van der Waals surface area contributed by atoms with Crippen molar-refractivity contribution in [3.05, 3.63) is 18.5 Å². The number of carbonyl (C=O) groups is 1. The maximum Gasteiger partial charge on any atom is 0.317 e. The number of nitrogens with one attached hydrogen (secondary N) is 1. The summed E-state index contributed by atoms with van der Waals surface area (Å²) in [6.45, 7) is 4.13. The molecule has 2 aliphatic rings. The lowest BCUT2D eigenvalue weighted by Crippen LogP contribution is -2.46. The summed E-state index contributed by atoms with van der Waals surface area (Å²) in [4.78, 5) is 14.0. The highest BCUT2D eigenvalue weighted by Crippen LogP contribution is 2.18. The molecule has 0 saturated carbocycles. The number of nitrogens with zero attached hydrogens (tertiary/aromatic N) is 5. The predicted molar refractivity (Wildman–Crippen MR) is 93.1 cm³/mol. The molecule has 25 heavy (non-hydrogen) atoms. The van der Waals surface area contributed by atoms with Gasteiger partial charge < -0.3 is 10.2 Å². The average Bonchev–Trinajstić information content (AvgIpc) is 3.25. The van der Waals surface area contributed by atoms with Gasteiger partial charge in [-0.15, -0.1) is 0 Å². The zero-order chi connectivity index (χ0) is 17.7. The fourth-order valence-corrected chi connectivity index (χ4v) is 4.95. The molecule has 3 heterocycles. The number of hydrogen-bond acceptors (Lipinski definition) is 4. The van der Waals surface area contributed by atoms with E-state index in [1.165, 1.54) is 4.31 Å². The highest BCUT2D eigenvalue weighted by molar-refractivity contribution is 7.86. The zero-order valence-corrected chi connectivity index (χ0v) is 15.2. The Balaban J connectivity index is 1.48. The molecule has 1 aromatic heterocycles. The number of hydrogen-bond donors (Lipinski definition) is 1. The monoisotopic (exact) mass is 370 g/mol. The van der Waals surface area contributed by atoms with Gasteiger partial charge in [-0.2, -0.15) is 22.1 Å². The minimum Gasteiger partial charge on any atom is -0.336 e. The number of rotatable bonds is 5. The topological polar surface area (TPSA) is 90.8 Å². The zero-order valence-electron chi connectivity index (χ0n) is 14.4. The molecule has 0 bridgehead atoms. The van der Waals surface area contributed by atoms with E-state index in [0.29, 0.717) is 58.8 Å². The maximum atomic E-state index is 12.6. The van der Waals surface area contributed by atoms with Crippen LogP contribution in [0.2, 0.25) is 0 Å². The fraction of sp³-hybridized carbons (Fsp3) is 0.733. The second-order valence-corrected chi connectivity index (χ2v) is 8.28. The van der Waals surface area contributed by atoms with Crippen LogP contribution in [0.3, 0.4) is 0 Å². The molecule has 0 unspecified atom stereocenters. The molecule has 0 aliphatic carbocycles. The Bertz CT molecular complexity index is 657. The van der Waals surface area contributed by atoms with Crippen LogP contribution in [-0.4, -0.2) is 83.6 Å². The van der Waals surface area contributed by atoms with Gasteiger partial charge in [-0.1, -0.05) is 0 Å². The van der Waals surface area contributed by atoms with E-state index < -0.39 is 10.2 Å². The van der Waals surface area contributed by atoms with Crippen LogP contribution in [0.4, 0.5) is 4.79 Å². The molecule has 3 rings (SSSR count). The van der Waals surface area contributed by atoms with Crippen LogP contribution < -0.4 is 5.32 Å². The Kier molecular flexibility index (Phi) is 5.92. The van der Waals surface area contributed by atoms with Crippen molar-refractivity contribution < 1.29 is 13.2 Å². The number of amides is 2. The van der Waals surface area contributed by atoms with Crippen LogP contribution in [0.1, 0.15) is 19.3 Å². The van der Waals surface area contributed by atoms with Gasteiger partial charge >= 0.3 is 6.03 Å². The molecule has 0 atom stereocenters. The van der Waals surface area contributed by atoms with Gasteiger partial charge in [0.05, 0.1) is 6.54 Å². The minimum atomic E-state index is -3.38. The van der Waals surface area contributed by atoms with E-state index in [0.717, 1.165) is 12.8 Å². The molecular weight excluding hydrogens is 344 g/mol. The standard InChI is InChI=1S/C15H26N6O3S/c22-15(16-6-12-19-8-3-5-17-19)18-7-4-11-21(14-13-18)25(23,24)20-9-1-2-10-20/h3,5,8H,1-2,4,6-7,9-14H2,(H,16,22). The summed E-state index contributed by atoms with van der Waals surface area (Å²) in [6, 6.07) is 1.69. The van der Waals surface area contributed by atoms with E-state index in [4.69, 9.17) is 0 Å². The van der Waals surface area contributed by atoms with Crippen molar-refractivity contribution in [1.82, 2.24) is 28.6 Å². The van der Waals surface area contributed by atoms with E-state index >= 15 is 0 Å². The molecule has 2 amide bonds. The lowest BCUT2D eigenvalue weighted by molar-refractivity contribution is 0.199. The summed E-state index contributed by atoms with van der Waals surface area (Å²) in [7, 11) is -3.38. The Morgan fingerprint density at radius 1 is 1.00 bits per heavy atom. The molecule has 0 aromatic carbocycles. The molecule has 9 nitrogen and oxygen atoms in total. The van der Waals surface area contributed by atoms with Crippen LogP contribution in [0.15, 0.2) is 18.5 Å². The SMILES string of the molecule is O=C(NCCn1cccn1)N1CCCN(S(=O)(=O)N2CCCC2)CC1. The van der Waals surface area contributed by atoms with Crippen molar-refractivity contribution in [2.45, 2.75) is 25.8 Å². The van der Waals surface area contributed by atoms with Gasteiger partial charge in [0, 0.05) is 58.2 Å². The largest absolute Gasteiger partial charge is 0.336 e. The summed E-state index contributed by atoms with van der Waals surface area (Å²) < 4.78 is 30.1. The van der Waals surface area contributed by atoms with E-state index in [-0.39, 0.29) is 6.03 Å². The van der Waals surface area contributed by atoms with Gasteiger partial charge in [0.2, 0.25) is 0 Å². The lowest BCUT2D eigenvalue weighted by Gasteiger charge is -2.26. The summed E-state index contributed by atoms with van der Waals surface area (Å²) in [5, 5.41) is 6.96. The summed E-state index contributed by atoms with van der Waals surface area (Å²) in [5.74, 6) is 0. The maximum absolute atomic E-state index is 12.6. The van der Waals surface area contributed by atoms with Gasteiger partial charge in [-0.25, -0.2) is 4.79 Å². The third kappa shape index (κ3) is 4.50. The summed E-state index contributed by atoms with van der Waals surface area (Å²) in [6.07, 6.45) is 6.06. The molecule has 140 valence electrons. The average molecular weight is 370 g/mol. The Labute approximate surface area is 148 Å². The van der Waals surface area contributed by atoms with Crippen molar-refractivity contribution in [2.75, 3.05) is 45.8 Å². The normalized spacial score (nSPS) is 20.6. The van der Waals surface area contributed by atoms with Gasteiger partial charge in [0.1, 0.15) is 0 Å². The molecular formula is C15H26N6O3S. The second-order valence-electron chi connectivity index (χ2n) is 6.35. The third-order valence-electron chi connectivity index (χ3n) is 4.64. The minimum absolute atomic E-state index is 0.146. The lowest BCUT2D eigenvalue weighted by atomic mass is 10.4. The quantitative estimate of drug-likeness (QED) is 0.786. The molecule has 1 aromatic rings. The molecule has 1 N–H and O–H groups in total. The highest BCUT2D eigenvalue weighted by Gasteiger charge is 2.33. The van der Waals surface area contributed by atoms with Gasteiger partial charge in [-0.05, 0) is 25.3 Å². The predicted octanol–water partition coefficient (Wildman–Crippen LogP) is -0.0590. The molecule has 10 heteroatoms. The van der Waals surface area contributed by atoms with Crippen molar-refractivity contribution in [2.24, 2.45) is 0 Å². The number of carbonyl (C=O) groups excluding carboxylic acids is 1. The van der Waals surface area contributed by atoms with Crippen molar-refractivity contribution in [3.63, 3.8) is 0 Å². The fourth-order valence-electron chi connectivity index (χ4n) is 3.23. The summed E-state index contributed by atoms with van der Waals surface area (Å²) in [5.41, 5.74) is 0. The van der Waals surface area contributed by atoms with E-state index in [2.05, 4.69) is 10.4 Å². The van der Waals surface area contributed by atoms with E-state index in [1.54, 1.807) is 20.1 Å². The molecule has 0 spiro atoms. The van der Waals surface area contributed by atoms with Crippen LogP contribution in [0.25, 0.3) is 0 Å². The van der Waals surface area contributed by atoms with Crippen LogP contribution in [0, 0.1) is 0 Å². The third-order valence-corrected chi connectivity index (χ3v) is 6.67. The number of aromatic nitrogens is 2. The summed E-state index contributed by atoms with van der Waals surface area (Å²) >= 11 is 0. The molecule has 2 aliphatic heterocycles. The molecule has 0 radical (unpaired) electrons. The Morgan fingerprint density at radius 2 is 1.72 bits per heavy atom. The van der Waals surface area contributed by atoms with E-state index in [1.807, 2.05) is 12.3 Å². The Morgan fingerprint density at radius 3 is 2.44 bits per heavy atom. The second kappa shape index (κ2) is 8.15. The van der Waals surface area contributed by atoms with Gasteiger partial charge in [0.15, 0.2) is 0 Å². The Hall–Kier alpha value is -1.65.